The summed E-state index contributed by atoms with van der Waals surface area (Å²) >= 11 is 0. The number of likely N-dealkylation sites (tertiary alicyclic amines) is 1. The van der Waals surface area contributed by atoms with E-state index in [1.54, 1.807) is 0 Å². The average molecular weight is 369 g/mol. The Kier molecular flexibility index (Phi) is 4.89. The highest BCUT2D eigenvalue weighted by molar-refractivity contribution is 6.39. The molecule has 1 saturated carbocycles. The molecule has 0 atom stereocenters. The van der Waals surface area contributed by atoms with Crippen molar-refractivity contribution in [2.75, 3.05) is 13.1 Å². The Hall–Kier alpha value is -2.37. The van der Waals surface area contributed by atoms with E-state index in [1.807, 2.05) is 36.1 Å². The maximum atomic E-state index is 12.6. The van der Waals surface area contributed by atoms with E-state index in [9.17, 15) is 9.59 Å². The molecule has 2 heterocycles. The Morgan fingerprint density at radius 2 is 1.93 bits per heavy atom. The Morgan fingerprint density at radius 1 is 1.22 bits per heavy atom. The first-order valence-electron chi connectivity index (χ1n) is 9.92. The zero-order chi connectivity index (χ0) is 18.9. The Balaban J connectivity index is 1.27. The smallest absolute Gasteiger partial charge is 0.269 e. The van der Waals surface area contributed by atoms with Gasteiger partial charge >= 0.3 is 0 Å². The summed E-state index contributed by atoms with van der Waals surface area (Å²) in [6.07, 6.45) is 5.72. The fourth-order valence-electron chi connectivity index (χ4n) is 3.89. The van der Waals surface area contributed by atoms with E-state index >= 15 is 0 Å². The van der Waals surface area contributed by atoms with Gasteiger partial charge in [0, 0.05) is 38.4 Å². The van der Waals surface area contributed by atoms with Crippen LogP contribution in [0.3, 0.4) is 0 Å². The van der Waals surface area contributed by atoms with Crippen LogP contribution in [0, 0.1) is 6.92 Å². The number of nitrogens with zero attached hydrogens (tertiary/aromatic N) is 2. The van der Waals surface area contributed by atoms with E-state index in [1.165, 1.54) is 12.0 Å². The summed E-state index contributed by atoms with van der Waals surface area (Å²) in [6.45, 7) is 3.34. The number of oxime groups is 1. The van der Waals surface area contributed by atoms with E-state index < -0.39 is 5.60 Å². The van der Waals surface area contributed by atoms with Gasteiger partial charge in [-0.2, -0.15) is 0 Å². The lowest BCUT2D eigenvalue weighted by Crippen LogP contribution is -2.48. The molecule has 1 saturated heterocycles. The molecule has 1 spiro atoms. The molecule has 2 aliphatic heterocycles. The molecule has 0 radical (unpaired) electrons. The van der Waals surface area contributed by atoms with Crippen LogP contribution in [0.1, 0.15) is 49.7 Å². The van der Waals surface area contributed by atoms with Gasteiger partial charge in [0.15, 0.2) is 0 Å². The van der Waals surface area contributed by atoms with E-state index in [4.69, 9.17) is 4.84 Å². The fraction of sp³-hybridized carbons (Fsp3) is 0.571. The van der Waals surface area contributed by atoms with Crippen molar-refractivity contribution in [1.82, 2.24) is 10.2 Å². The number of nitrogens with one attached hydrogen (secondary N) is 1. The van der Waals surface area contributed by atoms with Crippen LogP contribution in [0.25, 0.3) is 0 Å². The number of hydrogen-bond acceptors (Lipinski definition) is 4. The highest BCUT2D eigenvalue weighted by Gasteiger charge is 2.44. The third-order valence-corrected chi connectivity index (χ3v) is 6.04. The zero-order valence-electron chi connectivity index (χ0n) is 15.9. The molecule has 6 nitrogen and oxygen atoms in total. The van der Waals surface area contributed by atoms with Crippen molar-refractivity contribution in [2.24, 2.45) is 5.16 Å². The van der Waals surface area contributed by atoms with Gasteiger partial charge in [-0.05, 0) is 31.7 Å². The molecule has 2 fully saturated rings. The minimum atomic E-state index is -0.410. The van der Waals surface area contributed by atoms with Gasteiger partial charge in [-0.25, -0.2) is 0 Å². The van der Waals surface area contributed by atoms with E-state index in [-0.39, 0.29) is 11.8 Å². The van der Waals surface area contributed by atoms with Crippen molar-refractivity contribution in [1.29, 1.82) is 0 Å². The predicted octanol–water partition coefficient (Wildman–Crippen LogP) is 2.34. The largest absolute Gasteiger partial charge is 0.388 e. The highest BCUT2D eigenvalue weighted by atomic mass is 16.7. The molecule has 1 aromatic carbocycles. The summed E-state index contributed by atoms with van der Waals surface area (Å²) < 4.78 is 0. The highest BCUT2D eigenvalue weighted by Crippen LogP contribution is 2.35. The molecule has 1 N–H and O–H groups in total. The summed E-state index contributed by atoms with van der Waals surface area (Å²) in [5.41, 5.74) is 2.33. The number of benzene rings is 1. The molecular formula is C21H27N3O3. The molecular weight excluding hydrogens is 342 g/mol. The lowest BCUT2D eigenvalue weighted by atomic mass is 9.86. The molecule has 3 aliphatic rings. The van der Waals surface area contributed by atoms with Gasteiger partial charge in [0.05, 0.1) is 6.42 Å². The van der Waals surface area contributed by atoms with Crippen LogP contribution < -0.4 is 5.32 Å². The summed E-state index contributed by atoms with van der Waals surface area (Å²) in [4.78, 5) is 32.5. The Labute approximate surface area is 159 Å². The molecule has 4 rings (SSSR count). The molecule has 1 aliphatic carbocycles. The summed E-state index contributed by atoms with van der Waals surface area (Å²) in [5, 5.41) is 7.10. The third-order valence-electron chi connectivity index (χ3n) is 6.04. The number of aryl methyl sites for hydroxylation is 1. The lowest BCUT2D eigenvalue weighted by Gasteiger charge is -2.37. The lowest BCUT2D eigenvalue weighted by molar-refractivity contribution is -0.136. The predicted molar refractivity (Wildman–Crippen MR) is 102 cm³/mol. The first-order chi connectivity index (χ1) is 13.0. The SMILES string of the molecule is Cc1ccc(CC(=O)N2CCC3(CC2)CC(C(=O)NC2CCC2)=NO3)cc1. The van der Waals surface area contributed by atoms with Gasteiger partial charge in [0.1, 0.15) is 11.3 Å². The number of rotatable bonds is 4. The monoisotopic (exact) mass is 369 g/mol. The van der Waals surface area contributed by atoms with E-state index in [2.05, 4.69) is 10.5 Å². The van der Waals surface area contributed by atoms with Crippen LogP contribution in [0.4, 0.5) is 0 Å². The number of carbonyl (C=O) groups is 2. The average Bonchev–Trinajstić information content (AvgIpc) is 3.04. The summed E-state index contributed by atoms with van der Waals surface area (Å²) in [5.74, 6) is 0.0602. The van der Waals surface area contributed by atoms with E-state index in [0.717, 1.165) is 31.2 Å². The van der Waals surface area contributed by atoms with Crippen LogP contribution in [0.2, 0.25) is 0 Å². The van der Waals surface area contributed by atoms with Crippen LogP contribution >= 0.6 is 0 Å². The second-order valence-electron chi connectivity index (χ2n) is 8.13. The number of carbonyl (C=O) groups excluding carboxylic acids is 2. The van der Waals surface area contributed by atoms with Gasteiger partial charge in [0.2, 0.25) is 5.91 Å². The minimum absolute atomic E-state index is 0.0885. The van der Waals surface area contributed by atoms with Gasteiger partial charge < -0.3 is 15.1 Å². The molecule has 2 amide bonds. The normalized spacial score (nSPS) is 21.4. The molecule has 0 bridgehead atoms. The molecule has 6 heteroatoms. The topological polar surface area (TPSA) is 71.0 Å². The van der Waals surface area contributed by atoms with Crippen molar-refractivity contribution in [2.45, 2.75) is 63.5 Å². The van der Waals surface area contributed by atoms with Crippen molar-refractivity contribution >= 4 is 17.5 Å². The number of piperidine rings is 1. The Bertz CT molecular complexity index is 744. The van der Waals surface area contributed by atoms with Crippen LogP contribution in [0.5, 0.6) is 0 Å². The van der Waals surface area contributed by atoms with Crippen molar-refractivity contribution in [3.8, 4) is 0 Å². The molecule has 1 aromatic rings. The van der Waals surface area contributed by atoms with E-state index in [0.29, 0.717) is 37.7 Å². The molecule has 0 unspecified atom stereocenters. The maximum absolute atomic E-state index is 12.6. The molecule has 27 heavy (non-hydrogen) atoms. The number of hydrogen-bond donors (Lipinski definition) is 1. The standard InChI is InChI=1S/C21H27N3O3/c1-15-5-7-16(8-6-15)13-19(25)24-11-9-21(10-12-24)14-18(23-27-21)20(26)22-17-3-2-4-17/h5-8,17H,2-4,9-14H2,1H3,(H,22,26). The molecule has 144 valence electrons. The van der Waals surface area contributed by atoms with Gasteiger partial charge in [0.25, 0.3) is 5.91 Å². The quantitative estimate of drug-likeness (QED) is 0.886. The van der Waals surface area contributed by atoms with Gasteiger partial charge in [-0.15, -0.1) is 0 Å². The second-order valence-corrected chi connectivity index (χ2v) is 8.13. The second kappa shape index (κ2) is 7.33. The maximum Gasteiger partial charge on any atom is 0.269 e. The van der Waals surface area contributed by atoms with Crippen molar-refractivity contribution in [3.63, 3.8) is 0 Å². The first-order valence-corrected chi connectivity index (χ1v) is 9.92. The van der Waals surface area contributed by atoms with Crippen LogP contribution in [0.15, 0.2) is 29.4 Å². The molecule has 0 aromatic heterocycles. The minimum Gasteiger partial charge on any atom is -0.388 e. The summed E-state index contributed by atoms with van der Waals surface area (Å²) in [7, 11) is 0. The van der Waals surface area contributed by atoms with Gasteiger partial charge in [-0.3, -0.25) is 9.59 Å². The first kappa shape index (κ1) is 18.0. The van der Waals surface area contributed by atoms with Crippen molar-refractivity contribution < 1.29 is 14.4 Å². The third kappa shape index (κ3) is 3.99. The fourth-order valence-corrected chi connectivity index (χ4v) is 3.89. The van der Waals surface area contributed by atoms with Crippen LogP contribution in [-0.4, -0.2) is 47.2 Å². The van der Waals surface area contributed by atoms with Crippen LogP contribution in [-0.2, 0) is 20.8 Å². The van der Waals surface area contributed by atoms with Gasteiger partial charge in [-0.1, -0.05) is 35.0 Å². The zero-order valence-corrected chi connectivity index (χ0v) is 15.9. The summed E-state index contributed by atoms with van der Waals surface area (Å²) in [6, 6.07) is 8.40. The Morgan fingerprint density at radius 3 is 2.56 bits per heavy atom. The van der Waals surface area contributed by atoms with Crippen molar-refractivity contribution in [3.05, 3.63) is 35.4 Å². The number of amides is 2.